The van der Waals surface area contributed by atoms with Crippen LogP contribution in [0.25, 0.3) is 0 Å². The van der Waals surface area contributed by atoms with E-state index in [1.54, 1.807) is 6.20 Å². The first-order chi connectivity index (χ1) is 9.26. The smallest absolute Gasteiger partial charge is 0.184 e. The molecule has 0 saturated carbocycles. The lowest BCUT2D eigenvalue weighted by molar-refractivity contribution is -0.0441. The van der Waals surface area contributed by atoms with Gasteiger partial charge in [-0.3, -0.25) is 0 Å². The highest BCUT2D eigenvalue weighted by Gasteiger charge is 2.33. The van der Waals surface area contributed by atoms with E-state index in [9.17, 15) is 5.21 Å². The molecule has 0 spiro atoms. The van der Waals surface area contributed by atoms with Crippen LogP contribution in [0.2, 0.25) is 0 Å². The molecule has 4 heteroatoms. The molecule has 1 saturated heterocycles. The molecule has 1 aromatic carbocycles. The first-order valence-electron chi connectivity index (χ1n) is 6.73. The van der Waals surface area contributed by atoms with Crippen LogP contribution >= 0.6 is 0 Å². The molecule has 0 radical (unpaired) electrons. The molecular formula is C15H18NO3-. The number of hydrogen-bond acceptors (Lipinski definition) is 4. The third-order valence-electron chi connectivity index (χ3n) is 4.05. The van der Waals surface area contributed by atoms with Crippen molar-refractivity contribution in [2.45, 2.75) is 31.6 Å². The van der Waals surface area contributed by atoms with Gasteiger partial charge in [-0.05, 0) is 24.6 Å². The van der Waals surface area contributed by atoms with Crippen molar-refractivity contribution in [3.8, 4) is 0 Å². The van der Waals surface area contributed by atoms with Crippen LogP contribution in [-0.2, 0) is 15.0 Å². The largest absolute Gasteiger partial charge is 0.758 e. The van der Waals surface area contributed by atoms with E-state index in [4.69, 9.17) is 9.47 Å². The topological polar surface area (TPSA) is 44.8 Å². The number of benzene rings is 1. The highest BCUT2D eigenvalue weighted by molar-refractivity contribution is 5.32. The van der Waals surface area contributed by atoms with Gasteiger partial charge in [-0.25, -0.2) is 0 Å². The minimum Gasteiger partial charge on any atom is -0.758 e. The van der Waals surface area contributed by atoms with Crippen molar-refractivity contribution in [1.82, 2.24) is 5.06 Å². The van der Waals surface area contributed by atoms with Crippen LogP contribution in [-0.4, -0.2) is 18.3 Å². The van der Waals surface area contributed by atoms with Crippen LogP contribution in [0.3, 0.4) is 0 Å². The van der Waals surface area contributed by atoms with Gasteiger partial charge in [-0.1, -0.05) is 37.3 Å². The molecule has 0 N–H and O–H groups in total. The number of ether oxygens (including phenoxy) is 2. The molecule has 1 atom stereocenters. The first kappa shape index (κ1) is 12.7. The zero-order valence-electron chi connectivity index (χ0n) is 11.0. The SMILES string of the molecule is CCC1(c2ccc(C3OCCO3)cc2)CC=CN1[O-]. The van der Waals surface area contributed by atoms with Crippen LogP contribution in [0.4, 0.5) is 0 Å². The predicted octanol–water partition coefficient (Wildman–Crippen LogP) is 3.05. The first-order valence-corrected chi connectivity index (χ1v) is 6.73. The number of rotatable bonds is 3. The van der Waals surface area contributed by atoms with Gasteiger partial charge in [0.1, 0.15) is 0 Å². The zero-order chi connectivity index (χ0) is 13.3. The molecule has 4 nitrogen and oxygen atoms in total. The average Bonchev–Trinajstić information content (AvgIpc) is 3.09. The number of hydrogen-bond donors (Lipinski definition) is 0. The van der Waals surface area contributed by atoms with Crippen molar-refractivity contribution in [2.75, 3.05) is 13.2 Å². The molecule has 2 aliphatic rings. The summed E-state index contributed by atoms with van der Waals surface area (Å²) in [6.07, 6.45) is 4.87. The molecule has 0 amide bonds. The molecule has 2 heterocycles. The van der Waals surface area contributed by atoms with E-state index in [1.165, 1.54) is 0 Å². The second kappa shape index (κ2) is 4.96. The molecule has 102 valence electrons. The Balaban J connectivity index is 1.85. The Labute approximate surface area is 113 Å². The highest BCUT2D eigenvalue weighted by Crippen LogP contribution is 2.40. The fourth-order valence-electron chi connectivity index (χ4n) is 2.83. The predicted molar refractivity (Wildman–Crippen MR) is 72.0 cm³/mol. The van der Waals surface area contributed by atoms with E-state index >= 15 is 0 Å². The Morgan fingerprint density at radius 3 is 2.47 bits per heavy atom. The molecule has 1 fully saturated rings. The van der Waals surface area contributed by atoms with Crippen LogP contribution in [0.1, 0.15) is 37.2 Å². The van der Waals surface area contributed by atoms with E-state index in [1.807, 2.05) is 30.3 Å². The van der Waals surface area contributed by atoms with Gasteiger partial charge in [0, 0.05) is 5.56 Å². The summed E-state index contributed by atoms with van der Waals surface area (Å²) in [4.78, 5) is 0. The van der Waals surface area contributed by atoms with Gasteiger partial charge >= 0.3 is 0 Å². The second-order valence-electron chi connectivity index (χ2n) is 5.00. The normalized spacial score (nSPS) is 27.4. The maximum absolute atomic E-state index is 12.0. The Morgan fingerprint density at radius 2 is 1.95 bits per heavy atom. The minimum atomic E-state index is -0.435. The Morgan fingerprint density at radius 1 is 1.26 bits per heavy atom. The maximum atomic E-state index is 12.0. The van der Waals surface area contributed by atoms with E-state index in [2.05, 4.69) is 6.92 Å². The van der Waals surface area contributed by atoms with Gasteiger partial charge in [0.2, 0.25) is 0 Å². The van der Waals surface area contributed by atoms with Crippen LogP contribution in [0.5, 0.6) is 0 Å². The quantitative estimate of drug-likeness (QED) is 0.838. The Hall–Kier alpha value is -1.36. The summed E-state index contributed by atoms with van der Waals surface area (Å²) in [5.41, 5.74) is 1.63. The van der Waals surface area contributed by atoms with Crippen LogP contribution < -0.4 is 0 Å². The van der Waals surface area contributed by atoms with Gasteiger partial charge in [0.15, 0.2) is 6.29 Å². The van der Waals surface area contributed by atoms with Crippen molar-refractivity contribution in [1.29, 1.82) is 0 Å². The summed E-state index contributed by atoms with van der Waals surface area (Å²) in [5.74, 6) is 0. The third-order valence-corrected chi connectivity index (χ3v) is 4.05. The summed E-state index contributed by atoms with van der Waals surface area (Å²) in [7, 11) is 0. The van der Waals surface area contributed by atoms with Crippen molar-refractivity contribution in [3.05, 3.63) is 52.9 Å². The van der Waals surface area contributed by atoms with E-state index in [0.29, 0.717) is 13.2 Å². The molecule has 0 bridgehead atoms. The van der Waals surface area contributed by atoms with Crippen molar-refractivity contribution in [3.63, 3.8) is 0 Å². The number of hydroxylamine groups is 2. The van der Waals surface area contributed by atoms with Crippen molar-refractivity contribution in [2.24, 2.45) is 0 Å². The Bertz CT molecular complexity index is 465. The summed E-state index contributed by atoms with van der Waals surface area (Å²) in [6, 6.07) is 8.02. The number of nitrogens with zero attached hydrogens (tertiary/aromatic N) is 1. The summed E-state index contributed by atoms with van der Waals surface area (Å²) >= 11 is 0. The van der Waals surface area contributed by atoms with Crippen molar-refractivity contribution >= 4 is 0 Å². The molecular weight excluding hydrogens is 242 g/mol. The van der Waals surface area contributed by atoms with Gasteiger partial charge < -0.3 is 19.7 Å². The molecule has 1 unspecified atom stereocenters. The molecule has 19 heavy (non-hydrogen) atoms. The second-order valence-corrected chi connectivity index (χ2v) is 5.00. The monoisotopic (exact) mass is 260 g/mol. The van der Waals surface area contributed by atoms with Crippen LogP contribution in [0, 0.1) is 5.21 Å². The van der Waals surface area contributed by atoms with Gasteiger partial charge in [-0.15, -0.1) is 0 Å². The lowest BCUT2D eigenvalue weighted by Crippen LogP contribution is -2.35. The summed E-state index contributed by atoms with van der Waals surface area (Å²) < 4.78 is 10.9. The van der Waals surface area contributed by atoms with Gasteiger partial charge in [-0.2, -0.15) is 0 Å². The van der Waals surface area contributed by atoms with Crippen LogP contribution in [0.15, 0.2) is 36.5 Å². The van der Waals surface area contributed by atoms with E-state index < -0.39 is 5.54 Å². The fourth-order valence-corrected chi connectivity index (χ4v) is 2.83. The average molecular weight is 260 g/mol. The molecule has 0 aliphatic carbocycles. The summed E-state index contributed by atoms with van der Waals surface area (Å²) in [6.45, 7) is 3.34. The fraction of sp³-hybridized carbons (Fsp3) is 0.467. The maximum Gasteiger partial charge on any atom is 0.184 e. The Kier molecular flexibility index (Phi) is 3.31. The van der Waals surface area contributed by atoms with Gasteiger partial charge in [0.25, 0.3) is 0 Å². The molecule has 2 aliphatic heterocycles. The van der Waals surface area contributed by atoms with Gasteiger partial charge in [0.05, 0.1) is 18.8 Å². The van der Waals surface area contributed by atoms with E-state index in [0.717, 1.165) is 29.0 Å². The minimum absolute atomic E-state index is 0.253. The van der Waals surface area contributed by atoms with Crippen molar-refractivity contribution < 1.29 is 9.47 Å². The standard InChI is InChI=1S/C15H18NO3/c1-2-15(8-3-9-16(15)17)13-6-4-12(5-7-13)14-18-10-11-19-14/h3-7,9,14H,2,8,10-11H2,1H3/q-1. The molecule has 1 aromatic rings. The lowest BCUT2D eigenvalue weighted by atomic mass is 9.85. The molecule has 0 aromatic heterocycles. The van der Waals surface area contributed by atoms with E-state index in [-0.39, 0.29) is 6.29 Å². The lowest BCUT2D eigenvalue weighted by Gasteiger charge is -2.44. The zero-order valence-corrected chi connectivity index (χ0v) is 11.0. The summed E-state index contributed by atoms with van der Waals surface area (Å²) in [5, 5.41) is 13.1. The third kappa shape index (κ3) is 2.06. The highest BCUT2D eigenvalue weighted by atomic mass is 16.7. The molecule has 3 rings (SSSR count).